The summed E-state index contributed by atoms with van der Waals surface area (Å²) in [7, 11) is 0. The highest BCUT2D eigenvalue weighted by Crippen LogP contribution is 2.41. The van der Waals surface area contributed by atoms with E-state index in [0.29, 0.717) is 6.08 Å². The number of furan rings is 1. The second-order valence-corrected chi connectivity index (χ2v) is 12.5. The van der Waals surface area contributed by atoms with E-state index in [1.165, 1.54) is 12.1 Å². The number of fused-ring (bicyclic) bond motifs is 1. The third-order valence-corrected chi connectivity index (χ3v) is 8.29. The number of phenols is 7. The molecule has 0 aliphatic heterocycles. The zero-order valence-corrected chi connectivity index (χ0v) is 30.2. The number of aromatic hydroxyl groups is 7. The molecule has 5 rings (SSSR count). The largest absolute Gasteiger partial charge is 0.504 e. The van der Waals surface area contributed by atoms with Gasteiger partial charge >= 0.3 is 35.8 Å². The lowest BCUT2D eigenvalue weighted by Crippen LogP contribution is -2.45. The van der Waals surface area contributed by atoms with Crippen molar-refractivity contribution in [3.05, 3.63) is 101 Å². The molecule has 20 heteroatoms. The maximum absolute atomic E-state index is 13.9. The highest BCUT2D eigenvalue weighted by atomic mass is 16.6. The fourth-order valence-electron chi connectivity index (χ4n) is 5.43. The number of phenolic OH excluding ortho intramolecular Hbond substituents is 7. The summed E-state index contributed by atoms with van der Waals surface area (Å²) in [5.74, 6) is -14.7. The average Bonchev–Trinajstić information content (AvgIpc) is 3.58. The van der Waals surface area contributed by atoms with Gasteiger partial charge in [-0.1, -0.05) is 12.1 Å². The minimum atomic E-state index is -2.75. The molecule has 20 nitrogen and oxygen atoms in total. The molecule has 310 valence electrons. The van der Waals surface area contributed by atoms with Crippen molar-refractivity contribution in [1.82, 2.24) is 0 Å². The molecule has 60 heavy (non-hydrogen) atoms. The number of aliphatic carboxylic acids is 3. The van der Waals surface area contributed by atoms with Crippen molar-refractivity contribution in [3.63, 3.8) is 0 Å². The van der Waals surface area contributed by atoms with Crippen LogP contribution in [0.2, 0.25) is 0 Å². The maximum atomic E-state index is 13.9. The van der Waals surface area contributed by atoms with Crippen LogP contribution in [0.5, 0.6) is 40.2 Å². The van der Waals surface area contributed by atoms with E-state index in [0.717, 1.165) is 72.8 Å². The van der Waals surface area contributed by atoms with Crippen LogP contribution in [0.3, 0.4) is 0 Å². The van der Waals surface area contributed by atoms with Gasteiger partial charge in [-0.15, -0.1) is 0 Å². The molecule has 10 N–H and O–H groups in total. The highest BCUT2D eigenvalue weighted by molar-refractivity contribution is 6.11. The number of benzene rings is 4. The Hall–Kier alpha value is -8.68. The van der Waals surface area contributed by atoms with Gasteiger partial charge in [-0.3, -0.25) is 0 Å². The van der Waals surface area contributed by atoms with Crippen LogP contribution in [0.25, 0.3) is 34.4 Å². The van der Waals surface area contributed by atoms with E-state index in [4.69, 9.17) is 18.6 Å². The number of ether oxygens (including phenoxy) is 3. The molecule has 1 aromatic heterocycles. The van der Waals surface area contributed by atoms with Crippen LogP contribution in [0.4, 0.5) is 0 Å². The Morgan fingerprint density at radius 2 is 1.08 bits per heavy atom. The summed E-state index contributed by atoms with van der Waals surface area (Å²) in [6, 6.07) is 12.0. The molecule has 0 saturated carbocycles. The van der Waals surface area contributed by atoms with E-state index < -0.39 is 118 Å². The predicted molar refractivity (Wildman–Crippen MR) is 200 cm³/mol. The molecule has 0 amide bonds. The summed E-state index contributed by atoms with van der Waals surface area (Å²) in [6.45, 7) is 0. The number of carbonyl (C=O) groups is 6. The Morgan fingerprint density at radius 1 is 0.550 bits per heavy atom. The summed E-state index contributed by atoms with van der Waals surface area (Å²) < 4.78 is 20.6. The summed E-state index contributed by atoms with van der Waals surface area (Å²) >= 11 is 0. The van der Waals surface area contributed by atoms with Gasteiger partial charge < -0.3 is 69.7 Å². The van der Waals surface area contributed by atoms with E-state index >= 15 is 0 Å². The molecule has 0 aliphatic carbocycles. The smallest absolute Gasteiger partial charge is 0.349 e. The van der Waals surface area contributed by atoms with Crippen molar-refractivity contribution in [2.75, 3.05) is 0 Å². The minimum Gasteiger partial charge on any atom is -0.504 e. The van der Waals surface area contributed by atoms with E-state index in [9.17, 15) is 79.8 Å². The number of hydrogen-bond acceptors (Lipinski definition) is 17. The molecule has 0 radical (unpaired) electrons. The number of hydrogen-bond donors (Lipinski definition) is 10. The lowest BCUT2D eigenvalue weighted by atomic mass is 10.0. The standard InChI is InChI=1S/C40H30O20/c41-22-6-1-17(12-25(22)44)3-9-31(49)58-35(38(52)53)36(39(54)55)60-40(56)32-21-11-18(14-28(47)34(21)59-33(32)20-5-8-24(43)27(46)16-20)4-10-30(48)57-29(37(50)51)15-19-2-7-23(42)26(45)13-19/h1-14,16,29,35-36,41-47H,15H2,(H,50,51)(H,52,53)(H,54,55)/b9-3+,10-4+/t29-,35?,36?/m1/s1. The van der Waals surface area contributed by atoms with Gasteiger partial charge in [0.1, 0.15) is 11.3 Å². The Labute approximate surface area is 334 Å². The van der Waals surface area contributed by atoms with Crippen molar-refractivity contribution < 1.29 is 98.5 Å². The van der Waals surface area contributed by atoms with Crippen LogP contribution in [0.15, 0.2) is 83.3 Å². The van der Waals surface area contributed by atoms with Gasteiger partial charge in [-0.25, -0.2) is 28.8 Å². The van der Waals surface area contributed by atoms with E-state index in [2.05, 4.69) is 0 Å². The van der Waals surface area contributed by atoms with E-state index in [-0.39, 0.29) is 27.6 Å². The molecule has 5 aromatic rings. The van der Waals surface area contributed by atoms with Gasteiger partial charge in [-0.2, -0.15) is 0 Å². The van der Waals surface area contributed by atoms with Crippen LogP contribution in [-0.4, -0.2) is 105 Å². The first-order chi connectivity index (χ1) is 28.3. The van der Waals surface area contributed by atoms with Crippen molar-refractivity contribution in [3.8, 4) is 51.6 Å². The van der Waals surface area contributed by atoms with Crippen LogP contribution in [0, 0.1) is 0 Å². The number of carboxylic acids is 3. The predicted octanol–water partition coefficient (Wildman–Crippen LogP) is 3.61. The van der Waals surface area contributed by atoms with Crippen molar-refractivity contribution in [1.29, 1.82) is 0 Å². The zero-order valence-electron chi connectivity index (χ0n) is 30.2. The van der Waals surface area contributed by atoms with Gasteiger partial charge in [0.15, 0.2) is 45.8 Å². The molecular formula is C40H30O20. The fraction of sp³-hybridized carbons (Fsp3) is 0.100. The third-order valence-electron chi connectivity index (χ3n) is 8.29. The second-order valence-electron chi connectivity index (χ2n) is 12.5. The van der Waals surface area contributed by atoms with Gasteiger partial charge in [0.05, 0.1) is 0 Å². The first kappa shape index (κ1) is 42.5. The van der Waals surface area contributed by atoms with Gasteiger partial charge in [0.25, 0.3) is 0 Å². The van der Waals surface area contributed by atoms with Crippen molar-refractivity contribution >= 4 is 58.9 Å². The van der Waals surface area contributed by atoms with Crippen LogP contribution < -0.4 is 0 Å². The molecule has 1 heterocycles. The number of carbonyl (C=O) groups excluding carboxylic acids is 3. The quantitative estimate of drug-likeness (QED) is 0.0312. The number of esters is 3. The van der Waals surface area contributed by atoms with Gasteiger partial charge in [-0.05, 0) is 83.4 Å². The van der Waals surface area contributed by atoms with Crippen molar-refractivity contribution in [2.45, 2.75) is 24.7 Å². The maximum Gasteiger partial charge on any atom is 0.349 e. The highest BCUT2D eigenvalue weighted by Gasteiger charge is 2.42. The molecule has 0 aliphatic rings. The Bertz CT molecular complexity index is 2600. The Kier molecular flexibility index (Phi) is 12.5. The van der Waals surface area contributed by atoms with Crippen LogP contribution in [0.1, 0.15) is 27.0 Å². The van der Waals surface area contributed by atoms with Gasteiger partial charge in [0, 0.05) is 29.5 Å². The number of carboxylic acid groups (broad SMARTS) is 3. The molecule has 0 bridgehead atoms. The van der Waals surface area contributed by atoms with Crippen LogP contribution >= 0.6 is 0 Å². The molecule has 0 spiro atoms. The fourth-order valence-corrected chi connectivity index (χ4v) is 5.43. The third kappa shape index (κ3) is 9.81. The first-order valence-electron chi connectivity index (χ1n) is 16.8. The topological polar surface area (TPSA) is 346 Å². The lowest BCUT2D eigenvalue weighted by Gasteiger charge is -2.20. The normalized spacial score (nSPS) is 12.8. The molecule has 2 unspecified atom stereocenters. The Balaban J connectivity index is 1.48. The Morgan fingerprint density at radius 3 is 1.67 bits per heavy atom. The summed E-state index contributed by atoms with van der Waals surface area (Å²) in [4.78, 5) is 75.6. The van der Waals surface area contributed by atoms with E-state index in [1.54, 1.807) is 0 Å². The summed E-state index contributed by atoms with van der Waals surface area (Å²) in [5, 5.41) is 98.4. The molecule has 3 atom stereocenters. The number of rotatable bonds is 15. The zero-order chi connectivity index (χ0) is 44.0. The molecule has 4 aromatic carbocycles. The summed E-state index contributed by atoms with van der Waals surface area (Å²) in [5.41, 5.74) is -1.13. The minimum absolute atomic E-state index is 0.0944. The van der Waals surface area contributed by atoms with Gasteiger partial charge in [0.2, 0.25) is 18.3 Å². The molecule has 0 fully saturated rings. The van der Waals surface area contributed by atoms with Crippen LogP contribution in [-0.2, 0) is 44.6 Å². The molecular weight excluding hydrogens is 800 g/mol. The van der Waals surface area contributed by atoms with Crippen molar-refractivity contribution in [2.24, 2.45) is 0 Å². The average molecular weight is 831 g/mol. The lowest BCUT2D eigenvalue weighted by molar-refractivity contribution is -0.176. The first-order valence-corrected chi connectivity index (χ1v) is 16.8. The monoisotopic (exact) mass is 830 g/mol. The molecule has 0 saturated heterocycles. The summed E-state index contributed by atoms with van der Waals surface area (Å²) in [6.07, 6.45) is -4.22. The second kappa shape index (κ2) is 17.6. The SMILES string of the molecule is O=C(/C=C/c1ccc(O)c(O)c1)OC(C(=O)O)C(OC(=O)c1c(-c2ccc(O)c(O)c2)oc2c(O)cc(/C=C/C(=O)O[C@H](Cc3ccc(O)c(O)c3)C(=O)O)cc12)C(=O)O. The van der Waals surface area contributed by atoms with E-state index in [1.807, 2.05) is 0 Å².